The fraction of sp³-hybridized carbons (Fsp3) is 0.562. The number of ether oxygens (including phenoxy) is 1. The number of hydrogen-bond acceptors (Lipinski definition) is 2. The SMILES string of the molecule is CC(C)(Cc1cc(Br)ccc1OCC1CCC1)C(=O)O. The molecule has 1 saturated carbocycles. The van der Waals surface area contributed by atoms with E-state index in [1.54, 1.807) is 13.8 Å². The maximum atomic E-state index is 11.3. The average molecular weight is 341 g/mol. The van der Waals surface area contributed by atoms with Crippen LogP contribution in [0.3, 0.4) is 0 Å². The third kappa shape index (κ3) is 3.75. The van der Waals surface area contributed by atoms with E-state index in [9.17, 15) is 9.90 Å². The fourth-order valence-corrected chi connectivity index (χ4v) is 2.65. The van der Waals surface area contributed by atoms with Crippen LogP contribution in [-0.2, 0) is 11.2 Å². The molecule has 1 aliphatic rings. The summed E-state index contributed by atoms with van der Waals surface area (Å²) in [5.41, 5.74) is 0.154. The van der Waals surface area contributed by atoms with Gasteiger partial charge in [0.2, 0.25) is 0 Å². The Morgan fingerprint density at radius 3 is 2.70 bits per heavy atom. The summed E-state index contributed by atoms with van der Waals surface area (Å²) in [5, 5.41) is 9.28. The summed E-state index contributed by atoms with van der Waals surface area (Å²) in [7, 11) is 0. The van der Waals surface area contributed by atoms with Crippen molar-refractivity contribution in [2.75, 3.05) is 6.61 Å². The molecule has 0 amide bonds. The monoisotopic (exact) mass is 340 g/mol. The first-order valence-electron chi connectivity index (χ1n) is 7.03. The number of halogens is 1. The van der Waals surface area contributed by atoms with Crippen LogP contribution < -0.4 is 4.74 Å². The van der Waals surface area contributed by atoms with Crippen LogP contribution in [0.25, 0.3) is 0 Å². The zero-order valence-corrected chi connectivity index (χ0v) is 13.6. The Balaban J connectivity index is 2.12. The highest BCUT2D eigenvalue weighted by molar-refractivity contribution is 9.10. The summed E-state index contributed by atoms with van der Waals surface area (Å²) in [5.74, 6) is 0.691. The van der Waals surface area contributed by atoms with Crippen LogP contribution in [0, 0.1) is 11.3 Å². The highest BCUT2D eigenvalue weighted by atomic mass is 79.9. The fourth-order valence-electron chi connectivity index (χ4n) is 2.25. The zero-order valence-electron chi connectivity index (χ0n) is 12.0. The van der Waals surface area contributed by atoms with E-state index >= 15 is 0 Å². The third-order valence-electron chi connectivity index (χ3n) is 3.93. The lowest BCUT2D eigenvalue weighted by atomic mass is 9.85. The maximum absolute atomic E-state index is 11.3. The minimum Gasteiger partial charge on any atom is -0.493 e. The summed E-state index contributed by atoms with van der Waals surface area (Å²) in [4.78, 5) is 11.3. The summed E-state index contributed by atoms with van der Waals surface area (Å²) in [6.07, 6.45) is 4.24. The van der Waals surface area contributed by atoms with Crippen LogP contribution in [0.15, 0.2) is 22.7 Å². The van der Waals surface area contributed by atoms with E-state index in [0.717, 1.165) is 22.4 Å². The molecule has 0 heterocycles. The van der Waals surface area contributed by atoms with Gasteiger partial charge in [-0.25, -0.2) is 0 Å². The first-order chi connectivity index (χ1) is 9.38. The summed E-state index contributed by atoms with van der Waals surface area (Å²) in [6.45, 7) is 4.22. The van der Waals surface area contributed by atoms with E-state index in [1.807, 2.05) is 18.2 Å². The molecule has 20 heavy (non-hydrogen) atoms. The first kappa shape index (κ1) is 15.4. The third-order valence-corrected chi connectivity index (χ3v) is 4.43. The molecule has 1 N–H and O–H groups in total. The molecule has 0 aromatic heterocycles. The molecule has 0 spiro atoms. The van der Waals surface area contributed by atoms with Gasteiger partial charge in [0.1, 0.15) is 5.75 Å². The van der Waals surface area contributed by atoms with Gasteiger partial charge in [-0.15, -0.1) is 0 Å². The molecule has 1 aromatic carbocycles. The van der Waals surface area contributed by atoms with Crippen LogP contribution in [0.2, 0.25) is 0 Å². The number of benzene rings is 1. The molecule has 1 aliphatic carbocycles. The van der Waals surface area contributed by atoms with Gasteiger partial charge in [0.25, 0.3) is 0 Å². The minimum absolute atomic E-state index is 0.460. The van der Waals surface area contributed by atoms with E-state index in [1.165, 1.54) is 19.3 Å². The lowest BCUT2D eigenvalue weighted by Crippen LogP contribution is -2.26. The molecule has 0 radical (unpaired) electrons. The maximum Gasteiger partial charge on any atom is 0.309 e. The first-order valence-corrected chi connectivity index (χ1v) is 7.82. The second kappa shape index (κ2) is 6.17. The molecular weight excluding hydrogens is 320 g/mol. The lowest BCUT2D eigenvalue weighted by molar-refractivity contribution is -0.146. The number of carboxylic acid groups (broad SMARTS) is 1. The van der Waals surface area contributed by atoms with E-state index in [0.29, 0.717) is 12.3 Å². The minimum atomic E-state index is -0.796. The summed E-state index contributed by atoms with van der Waals surface area (Å²) >= 11 is 3.44. The molecule has 0 aliphatic heterocycles. The Kier molecular flexibility index (Phi) is 4.74. The van der Waals surface area contributed by atoms with Gasteiger partial charge in [-0.1, -0.05) is 22.4 Å². The summed E-state index contributed by atoms with van der Waals surface area (Å²) in [6, 6.07) is 5.82. The van der Waals surface area contributed by atoms with E-state index in [2.05, 4.69) is 15.9 Å². The molecule has 0 bridgehead atoms. The summed E-state index contributed by atoms with van der Waals surface area (Å²) < 4.78 is 6.86. The topological polar surface area (TPSA) is 46.5 Å². The van der Waals surface area contributed by atoms with Crippen LogP contribution in [0.1, 0.15) is 38.7 Å². The van der Waals surface area contributed by atoms with Gasteiger partial charge in [-0.05, 0) is 62.8 Å². The van der Waals surface area contributed by atoms with Crippen LogP contribution in [0.4, 0.5) is 0 Å². The van der Waals surface area contributed by atoms with Crippen molar-refractivity contribution in [2.24, 2.45) is 11.3 Å². The molecule has 0 saturated heterocycles. The average Bonchev–Trinajstić information content (AvgIpc) is 2.29. The van der Waals surface area contributed by atoms with Crippen molar-refractivity contribution < 1.29 is 14.6 Å². The zero-order chi connectivity index (χ0) is 14.8. The molecule has 1 aromatic rings. The number of aliphatic carboxylic acids is 1. The molecule has 2 rings (SSSR count). The highest BCUT2D eigenvalue weighted by Gasteiger charge is 2.29. The Bertz CT molecular complexity index is 492. The molecule has 0 atom stereocenters. The molecular formula is C16H21BrO3. The van der Waals surface area contributed by atoms with E-state index in [-0.39, 0.29) is 0 Å². The van der Waals surface area contributed by atoms with Crippen LogP contribution >= 0.6 is 15.9 Å². The number of carboxylic acids is 1. The van der Waals surface area contributed by atoms with Gasteiger partial charge < -0.3 is 9.84 Å². The van der Waals surface area contributed by atoms with Crippen molar-refractivity contribution in [3.63, 3.8) is 0 Å². The predicted octanol–water partition coefficient (Wildman–Crippen LogP) is 4.28. The van der Waals surface area contributed by atoms with Crippen molar-refractivity contribution in [2.45, 2.75) is 39.5 Å². The van der Waals surface area contributed by atoms with Crippen molar-refractivity contribution >= 4 is 21.9 Å². The van der Waals surface area contributed by atoms with Crippen molar-refractivity contribution in [1.29, 1.82) is 0 Å². The van der Waals surface area contributed by atoms with Crippen LogP contribution in [-0.4, -0.2) is 17.7 Å². The second-order valence-electron chi connectivity index (χ2n) is 6.23. The van der Waals surface area contributed by atoms with Crippen molar-refractivity contribution in [3.05, 3.63) is 28.2 Å². The Labute approximate surface area is 128 Å². The standard InChI is InChI=1S/C16H21BrO3/c1-16(2,15(18)19)9-12-8-13(17)6-7-14(12)20-10-11-4-3-5-11/h6-8,11H,3-5,9-10H2,1-2H3,(H,18,19). The molecule has 3 nitrogen and oxygen atoms in total. The lowest BCUT2D eigenvalue weighted by Gasteiger charge is -2.26. The molecule has 0 unspecified atom stereocenters. The van der Waals surface area contributed by atoms with Gasteiger partial charge >= 0.3 is 5.97 Å². The number of hydrogen-bond donors (Lipinski definition) is 1. The molecule has 1 fully saturated rings. The van der Waals surface area contributed by atoms with Gasteiger partial charge in [0.15, 0.2) is 0 Å². The Hall–Kier alpha value is -1.03. The van der Waals surface area contributed by atoms with E-state index < -0.39 is 11.4 Å². The Morgan fingerprint density at radius 1 is 1.45 bits per heavy atom. The van der Waals surface area contributed by atoms with Gasteiger partial charge in [-0.3, -0.25) is 4.79 Å². The number of rotatable bonds is 6. The smallest absolute Gasteiger partial charge is 0.309 e. The van der Waals surface area contributed by atoms with Gasteiger partial charge in [-0.2, -0.15) is 0 Å². The quantitative estimate of drug-likeness (QED) is 0.840. The molecule has 4 heteroatoms. The van der Waals surface area contributed by atoms with Crippen molar-refractivity contribution in [1.82, 2.24) is 0 Å². The normalized spacial score (nSPS) is 15.8. The largest absolute Gasteiger partial charge is 0.493 e. The van der Waals surface area contributed by atoms with E-state index in [4.69, 9.17) is 4.74 Å². The second-order valence-corrected chi connectivity index (χ2v) is 7.14. The predicted molar refractivity (Wildman–Crippen MR) is 82.1 cm³/mol. The van der Waals surface area contributed by atoms with Gasteiger partial charge in [0.05, 0.1) is 12.0 Å². The van der Waals surface area contributed by atoms with Crippen molar-refractivity contribution in [3.8, 4) is 5.75 Å². The number of carbonyl (C=O) groups is 1. The molecule has 110 valence electrons. The highest BCUT2D eigenvalue weighted by Crippen LogP contribution is 2.32. The van der Waals surface area contributed by atoms with Gasteiger partial charge in [0, 0.05) is 4.47 Å². The Morgan fingerprint density at radius 2 is 2.15 bits per heavy atom. The van der Waals surface area contributed by atoms with Crippen LogP contribution in [0.5, 0.6) is 5.75 Å².